The van der Waals surface area contributed by atoms with Gasteiger partial charge in [0.25, 0.3) is 0 Å². The van der Waals surface area contributed by atoms with E-state index < -0.39 is 0 Å². The predicted octanol–water partition coefficient (Wildman–Crippen LogP) is 1.67. The van der Waals surface area contributed by atoms with Crippen molar-refractivity contribution >= 4 is 0 Å². The third-order valence-electron chi connectivity index (χ3n) is 2.19. The van der Waals surface area contributed by atoms with E-state index in [4.69, 9.17) is 15.0 Å². The normalized spacial score (nSPS) is 12.9. The summed E-state index contributed by atoms with van der Waals surface area (Å²) in [4.78, 5) is 4.22. The van der Waals surface area contributed by atoms with Crippen LogP contribution in [0, 0.1) is 0 Å². The summed E-state index contributed by atoms with van der Waals surface area (Å²) in [6, 6.07) is 0.106. The average molecular weight is 227 g/mol. The lowest BCUT2D eigenvalue weighted by Gasteiger charge is -2.05. The Morgan fingerprint density at radius 3 is 2.88 bits per heavy atom. The van der Waals surface area contributed by atoms with Crippen LogP contribution in [0.25, 0.3) is 0 Å². The predicted molar refractivity (Wildman–Crippen MR) is 60.8 cm³/mol. The van der Waals surface area contributed by atoms with Crippen molar-refractivity contribution in [1.82, 2.24) is 10.1 Å². The maximum atomic E-state index is 5.89. The molecule has 5 nitrogen and oxygen atoms in total. The van der Waals surface area contributed by atoms with Crippen molar-refractivity contribution in [2.45, 2.75) is 52.2 Å². The second-order valence-corrected chi connectivity index (χ2v) is 3.91. The summed E-state index contributed by atoms with van der Waals surface area (Å²) < 4.78 is 10.4. The molecule has 1 aromatic rings. The van der Waals surface area contributed by atoms with E-state index in [1.54, 1.807) is 0 Å². The van der Waals surface area contributed by atoms with Crippen LogP contribution >= 0.6 is 0 Å². The van der Waals surface area contributed by atoms with Crippen LogP contribution < -0.4 is 5.73 Å². The van der Waals surface area contributed by atoms with Crippen molar-refractivity contribution in [2.75, 3.05) is 6.61 Å². The second-order valence-electron chi connectivity index (χ2n) is 3.91. The number of hydrogen-bond acceptors (Lipinski definition) is 5. The van der Waals surface area contributed by atoms with Crippen molar-refractivity contribution in [3.8, 4) is 0 Å². The van der Waals surface area contributed by atoms with Crippen LogP contribution in [-0.2, 0) is 17.8 Å². The fourth-order valence-electron chi connectivity index (χ4n) is 1.44. The van der Waals surface area contributed by atoms with Crippen molar-refractivity contribution in [3.05, 3.63) is 11.7 Å². The minimum Gasteiger partial charge on any atom is -0.373 e. The van der Waals surface area contributed by atoms with Gasteiger partial charge in [-0.25, -0.2) is 0 Å². The summed E-state index contributed by atoms with van der Waals surface area (Å²) in [6.07, 6.45) is 3.69. The van der Waals surface area contributed by atoms with Gasteiger partial charge in [-0.2, -0.15) is 4.98 Å². The minimum absolute atomic E-state index is 0.106. The summed E-state index contributed by atoms with van der Waals surface area (Å²) in [5.41, 5.74) is 5.89. The van der Waals surface area contributed by atoms with Gasteiger partial charge in [-0.3, -0.25) is 0 Å². The minimum atomic E-state index is 0.106. The van der Waals surface area contributed by atoms with Gasteiger partial charge < -0.3 is 15.0 Å². The fraction of sp³-hybridized carbons (Fsp3) is 0.818. The molecular formula is C11H21N3O2. The zero-order valence-corrected chi connectivity index (χ0v) is 10.1. The van der Waals surface area contributed by atoms with Crippen molar-refractivity contribution in [2.24, 2.45) is 5.73 Å². The molecule has 92 valence electrons. The zero-order chi connectivity index (χ0) is 11.8. The van der Waals surface area contributed by atoms with E-state index in [0.717, 1.165) is 25.9 Å². The van der Waals surface area contributed by atoms with Crippen LogP contribution in [-0.4, -0.2) is 22.8 Å². The molecular weight excluding hydrogens is 206 g/mol. The Morgan fingerprint density at radius 1 is 1.38 bits per heavy atom. The van der Waals surface area contributed by atoms with Gasteiger partial charge in [0.15, 0.2) is 5.82 Å². The second kappa shape index (κ2) is 7.35. The molecule has 1 aromatic heterocycles. The number of aromatic nitrogens is 2. The largest absolute Gasteiger partial charge is 0.373 e. The standard InChI is InChI=1S/C11H21N3O2/c1-3-5-9(12)7-11-13-10(14-16-11)8-15-6-4-2/h9H,3-8,12H2,1-2H3. The fourth-order valence-corrected chi connectivity index (χ4v) is 1.44. The van der Waals surface area contributed by atoms with E-state index >= 15 is 0 Å². The number of hydrogen-bond donors (Lipinski definition) is 1. The summed E-state index contributed by atoms with van der Waals surface area (Å²) in [5.74, 6) is 1.21. The van der Waals surface area contributed by atoms with E-state index in [0.29, 0.717) is 24.7 Å². The first-order chi connectivity index (χ1) is 7.76. The number of rotatable bonds is 8. The smallest absolute Gasteiger partial charge is 0.228 e. The van der Waals surface area contributed by atoms with Crippen molar-refractivity contribution < 1.29 is 9.26 Å². The third kappa shape index (κ3) is 4.72. The lowest BCUT2D eigenvalue weighted by Crippen LogP contribution is -2.22. The Labute approximate surface area is 96.4 Å². The van der Waals surface area contributed by atoms with E-state index in [-0.39, 0.29) is 6.04 Å². The molecule has 0 spiro atoms. The average Bonchev–Trinajstić information content (AvgIpc) is 2.66. The van der Waals surface area contributed by atoms with E-state index in [1.807, 2.05) is 0 Å². The monoisotopic (exact) mass is 227 g/mol. The van der Waals surface area contributed by atoms with E-state index in [9.17, 15) is 0 Å². The van der Waals surface area contributed by atoms with Gasteiger partial charge in [-0.15, -0.1) is 0 Å². The van der Waals surface area contributed by atoms with Crippen LogP contribution in [0.3, 0.4) is 0 Å². The molecule has 2 N–H and O–H groups in total. The first-order valence-corrected chi connectivity index (χ1v) is 5.91. The lowest BCUT2D eigenvalue weighted by molar-refractivity contribution is 0.114. The highest BCUT2D eigenvalue weighted by Gasteiger charge is 2.10. The summed E-state index contributed by atoms with van der Waals surface area (Å²) in [6.45, 7) is 5.31. The molecule has 0 saturated heterocycles. The van der Waals surface area contributed by atoms with E-state index in [2.05, 4.69) is 24.0 Å². The number of nitrogens with zero attached hydrogens (tertiary/aromatic N) is 2. The molecule has 1 rings (SSSR count). The van der Waals surface area contributed by atoms with Gasteiger partial charge in [-0.05, 0) is 12.8 Å². The van der Waals surface area contributed by atoms with Crippen LogP contribution in [0.15, 0.2) is 4.52 Å². The SMILES string of the molecule is CCCOCc1noc(CC(N)CCC)n1. The topological polar surface area (TPSA) is 74.2 Å². The van der Waals surface area contributed by atoms with Gasteiger partial charge in [0.1, 0.15) is 6.61 Å². The first kappa shape index (κ1) is 13.1. The van der Waals surface area contributed by atoms with Crippen LogP contribution in [0.2, 0.25) is 0 Å². The van der Waals surface area contributed by atoms with Gasteiger partial charge in [0, 0.05) is 19.1 Å². The Bertz CT molecular complexity index is 289. The Kier molecular flexibility index (Phi) is 6.03. The first-order valence-electron chi connectivity index (χ1n) is 5.91. The molecule has 1 heterocycles. The Hall–Kier alpha value is -0.940. The zero-order valence-electron chi connectivity index (χ0n) is 10.1. The molecule has 16 heavy (non-hydrogen) atoms. The van der Waals surface area contributed by atoms with Crippen LogP contribution in [0.1, 0.15) is 44.8 Å². The van der Waals surface area contributed by atoms with Crippen molar-refractivity contribution in [1.29, 1.82) is 0 Å². The molecule has 0 aliphatic carbocycles. The number of nitrogens with two attached hydrogens (primary N) is 1. The molecule has 1 unspecified atom stereocenters. The Balaban J connectivity index is 2.33. The number of ether oxygens (including phenoxy) is 1. The molecule has 0 saturated carbocycles. The molecule has 0 bridgehead atoms. The molecule has 0 aromatic carbocycles. The maximum Gasteiger partial charge on any atom is 0.228 e. The van der Waals surface area contributed by atoms with Gasteiger partial charge in [-0.1, -0.05) is 25.4 Å². The van der Waals surface area contributed by atoms with Gasteiger partial charge in [0.2, 0.25) is 5.89 Å². The lowest BCUT2D eigenvalue weighted by atomic mass is 10.1. The van der Waals surface area contributed by atoms with Crippen molar-refractivity contribution in [3.63, 3.8) is 0 Å². The highest BCUT2D eigenvalue weighted by atomic mass is 16.5. The molecule has 5 heteroatoms. The van der Waals surface area contributed by atoms with Crippen LogP contribution in [0.4, 0.5) is 0 Å². The highest BCUT2D eigenvalue weighted by molar-refractivity contribution is 4.87. The van der Waals surface area contributed by atoms with Gasteiger partial charge in [0.05, 0.1) is 0 Å². The summed E-state index contributed by atoms with van der Waals surface area (Å²) >= 11 is 0. The summed E-state index contributed by atoms with van der Waals surface area (Å²) in [7, 11) is 0. The molecule has 0 aliphatic heterocycles. The Morgan fingerprint density at radius 2 is 2.19 bits per heavy atom. The van der Waals surface area contributed by atoms with E-state index in [1.165, 1.54) is 0 Å². The molecule has 0 aliphatic rings. The summed E-state index contributed by atoms with van der Waals surface area (Å²) in [5, 5.41) is 3.83. The third-order valence-corrected chi connectivity index (χ3v) is 2.19. The molecule has 0 amide bonds. The van der Waals surface area contributed by atoms with Gasteiger partial charge >= 0.3 is 0 Å². The molecule has 0 fully saturated rings. The maximum absolute atomic E-state index is 5.89. The molecule has 1 atom stereocenters. The molecule has 0 radical (unpaired) electrons. The quantitative estimate of drug-likeness (QED) is 0.684. The van der Waals surface area contributed by atoms with Crippen LogP contribution in [0.5, 0.6) is 0 Å². The highest BCUT2D eigenvalue weighted by Crippen LogP contribution is 2.05.